The maximum atomic E-state index is 2.41. The van der Waals surface area contributed by atoms with E-state index in [2.05, 4.69) is 36.2 Å². The number of nitrogens with zero attached hydrogens (tertiary/aromatic N) is 2. The van der Waals surface area contributed by atoms with Gasteiger partial charge in [0.1, 0.15) is 0 Å². The molecule has 0 atom stereocenters. The summed E-state index contributed by atoms with van der Waals surface area (Å²) in [7, 11) is 2.13. The van der Waals surface area contributed by atoms with E-state index in [1.165, 1.54) is 70.8 Å². The molecule has 0 spiro atoms. The van der Waals surface area contributed by atoms with E-state index in [1.807, 2.05) is 0 Å². The molecule has 106 valence electrons. The smallest absolute Gasteiger partial charge is 0.0890 e. The van der Waals surface area contributed by atoms with Crippen LogP contribution in [-0.4, -0.2) is 30.1 Å². The third-order valence-corrected chi connectivity index (χ3v) is 3.74. The van der Waals surface area contributed by atoms with Gasteiger partial charge >= 0.3 is 0 Å². The van der Waals surface area contributed by atoms with Gasteiger partial charge < -0.3 is 9.80 Å². The van der Waals surface area contributed by atoms with Crippen LogP contribution >= 0.6 is 0 Å². The van der Waals surface area contributed by atoms with Crippen LogP contribution in [0.4, 0.5) is 0 Å². The highest BCUT2D eigenvalue weighted by Crippen LogP contribution is 2.11. The quantitative estimate of drug-likeness (QED) is 0.496. The average Bonchev–Trinajstić information content (AvgIpc) is 2.77. The molecule has 0 bridgehead atoms. The van der Waals surface area contributed by atoms with Crippen LogP contribution in [0.2, 0.25) is 0 Å². The Labute approximate surface area is 114 Å². The third kappa shape index (κ3) is 7.62. The van der Waals surface area contributed by atoms with Crippen molar-refractivity contribution in [2.45, 2.75) is 71.1 Å². The molecule has 0 amide bonds. The van der Waals surface area contributed by atoms with Crippen molar-refractivity contribution in [3.05, 3.63) is 12.4 Å². The fourth-order valence-corrected chi connectivity index (χ4v) is 2.54. The van der Waals surface area contributed by atoms with Crippen molar-refractivity contribution in [1.29, 1.82) is 0 Å². The van der Waals surface area contributed by atoms with E-state index in [-0.39, 0.29) is 0 Å². The van der Waals surface area contributed by atoms with Crippen molar-refractivity contribution < 1.29 is 0 Å². The monoisotopic (exact) mass is 252 g/mol. The standard InChI is InChI=1S/C16H32N2/c1-3-4-5-6-7-8-9-10-11-12-13-18-15-14-17(2)16-18/h14-15H,3-13,16H2,1-2H3. The third-order valence-electron chi connectivity index (χ3n) is 3.74. The number of unbranched alkanes of at least 4 members (excludes halogenated alkanes) is 9. The Bertz CT molecular complexity index is 213. The zero-order valence-corrected chi connectivity index (χ0v) is 12.5. The van der Waals surface area contributed by atoms with E-state index in [4.69, 9.17) is 0 Å². The summed E-state index contributed by atoms with van der Waals surface area (Å²) in [6.07, 6.45) is 18.6. The largest absolute Gasteiger partial charge is 0.362 e. The Kier molecular flexibility index (Phi) is 8.79. The molecular formula is C16H32N2. The first-order valence-electron chi connectivity index (χ1n) is 7.95. The van der Waals surface area contributed by atoms with Crippen molar-refractivity contribution in [3.63, 3.8) is 0 Å². The summed E-state index contributed by atoms with van der Waals surface area (Å²) in [4.78, 5) is 4.64. The molecule has 0 aromatic rings. The van der Waals surface area contributed by atoms with Gasteiger partial charge in [0.05, 0.1) is 6.67 Å². The van der Waals surface area contributed by atoms with Crippen molar-refractivity contribution >= 4 is 0 Å². The highest BCUT2D eigenvalue weighted by atomic mass is 15.3. The molecule has 0 saturated carbocycles. The van der Waals surface area contributed by atoms with Crippen LogP contribution in [-0.2, 0) is 0 Å². The zero-order chi connectivity index (χ0) is 13.1. The SMILES string of the molecule is CCCCCCCCCCCCN1C=CN(C)C1. The normalized spacial score (nSPS) is 14.8. The minimum atomic E-state index is 1.08. The summed E-state index contributed by atoms with van der Waals surface area (Å²) in [6, 6.07) is 0. The van der Waals surface area contributed by atoms with Gasteiger partial charge in [-0.3, -0.25) is 0 Å². The van der Waals surface area contributed by atoms with Crippen molar-refractivity contribution in [2.75, 3.05) is 20.3 Å². The van der Waals surface area contributed by atoms with E-state index < -0.39 is 0 Å². The molecule has 0 unspecified atom stereocenters. The van der Waals surface area contributed by atoms with Crippen LogP contribution in [0.15, 0.2) is 12.4 Å². The maximum Gasteiger partial charge on any atom is 0.0890 e. The first-order chi connectivity index (χ1) is 8.83. The molecule has 1 heterocycles. The first-order valence-corrected chi connectivity index (χ1v) is 7.95. The van der Waals surface area contributed by atoms with Crippen LogP contribution < -0.4 is 0 Å². The van der Waals surface area contributed by atoms with Crippen molar-refractivity contribution in [1.82, 2.24) is 9.80 Å². The highest BCUT2D eigenvalue weighted by molar-refractivity contribution is 4.88. The van der Waals surface area contributed by atoms with Crippen LogP contribution in [0.25, 0.3) is 0 Å². The molecule has 0 fully saturated rings. The molecule has 0 aromatic carbocycles. The van der Waals surface area contributed by atoms with Gasteiger partial charge in [-0.2, -0.15) is 0 Å². The number of hydrogen-bond acceptors (Lipinski definition) is 2. The predicted molar refractivity (Wildman–Crippen MR) is 80.3 cm³/mol. The molecule has 2 heteroatoms. The van der Waals surface area contributed by atoms with Gasteiger partial charge in [0, 0.05) is 26.0 Å². The summed E-state index contributed by atoms with van der Waals surface area (Å²) in [5.41, 5.74) is 0. The Morgan fingerprint density at radius 3 is 1.83 bits per heavy atom. The highest BCUT2D eigenvalue weighted by Gasteiger charge is 2.06. The number of hydrogen-bond donors (Lipinski definition) is 0. The molecule has 0 radical (unpaired) electrons. The Morgan fingerprint density at radius 2 is 1.33 bits per heavy atom. The van der Waals surface area contributed by atoms with Gasteiger partial charge in [-0.25, -0.2) is 0 Å². The summed E-state index contributed by atoms with van der Waals surface area (Å²) < 4.78 is 0. The molecule has 0 aromatic heterocycles. The van der Waals surface area contributed by atoms with Crippen molar-refractivity contribution in [2.24, 2.45) is 0 Å². The molecule has 0 N–H and O–H groups in total. The molecule has 0 aliphatic carbocycles. The van der Waals surface area contributed by atoms with Crippen LogP contribution in [0.3, 0.4) is 0 Å². The maximum absolute atomic E-state index is 2.41. The Morgan fingerprint density at radius 1 is 0.778 bits per heavy atom. The summed E-state index contributed by atoms with van der Waals surface area (Å²) in [5, 5.41) is 0. The van der Waals surface area contributed by atoms with E-state index in [0.29, 0.717) is 0 Å². The second-order valence-electron chi connectivity index (χ2n) is 5.69. The van der Waals surface area contributed by atoms with E-state index in [9.17, 15) is 0 Å². The minimum absolute atomic E-state index is 1.08. The lowest BCUT2D eigenvalue weighted by Crippen LogP contribution is -2.23. The first kappa shape index (κ1) is 15.4. The lowest BCUT2D eigenvalue weighted by Gasteiger charge is -2.17. The predicted octanol–water partition coefficient (Wildman–Crippen LogP) is 4.58. The Hall–Kier alpha value is -0.660. The van der Waals surface area contributed by atoms with Gasteiger partial charge in [0.25, 0.3) is 0 Å². The van der Waals surface area contributed by atoms with Gasteiger partial charge in [-0.15, -0.1) is 0 Å². The average molecular weight is 252 g/mol. The molecule has 1 rings (SSSR count). The van der Waals surface area contributed by atoms with Crippen LogP contribution in [0.1, 0.15) is 71.1 Å². The van der Waals surface area contributed by atoms with E-state index in [0.717, 1.165) is 6.67 Å². The molecule has 0 saturated heterocycles. The van der Waals surface area contributed by atoms with Crippen LogP contribution in [0, 0.1) is 0 Å². The van der Waals surface area contributed by atoms with Gasteiger partial charge in [-0.1, -0.05) is 64.7 Å². The zero-order valence-electron chi connectivity index (χ0n) is 12.5. The summed E-state index contributed by atoms with van der Waals surface area (Å²) >= 11 is 0. The molecule has 2 nitrogen and oxygen atoms in total. The van der Waals surface area contributed by atoms with E-state index >= 15 is 0 Å². The molecule has 18 heavy (non-hydrogen) atoms. The fourth-order valence-electron chi connectivity index (χ4n) is 2.54. The molecule has 1 aliphatic heterocycles. The Balaban J connectivity index is 1.75. The van der Waals surface area contributed by atoms with Gasteiger partial charge in [-0.05, 0) is 6.42 Å². The molecule has 1 aliphatic rings. The van der Waals surface area contributed by atoms with Gasteiger partial charge in [0.15, 0.2) is 0 Å². The second kappa shape index (κ2) is 10.3. The summed E-state index contributed by atoms with van der Waals surface area (Å²) in [6.45, 7) is 4.60. The van der Waals surface area contributed by atoms with Crippen LogP contribution in [0.5, 0.6) is 0 Å². The minimum Gasteiger partial charge on any atom is -0.362 e. The topological polar surface area (TPSA) is 6.48 Å². The lowest BCUT2D eigenvalue weighted by molar-refractivity contribution is 0.290. The van der Waals surface area contributed by atoms with E-state index in [1.54, 1.807) is 0 Å². The van der Waals surface area contributed by atoms with Crippen molar-refractivity contribution in [3.8, 4) is 0 Å². The van der Waals surface area contributed by atoms with Gasteiger partial charge in [0.2, 0.25) is 0 Å². The fraction of sp³-hybridized carbons (Fsp3) is 0.875. The molecular weight excluding hydrogens is 220 g/mol. The summed E-state index contributed by atoms with van der Waals surface area (Å²) in [5.74, 6) is 0. The second-order valence-corrected chi connectivity index (χ2v) is 5.69. The number of rotatable bonds is 11. The lowest BCUT2D eigenvalue weighted by atomic mass is 10.1.